The zero-order valence-electron chi connectivity index (χ0n) is 10.6. The molecule has 0 bridgehead atoms. The van der Waals surface area contributed by atoms with E-state index in [1.54, 1.807) is 0 Å². The number of rotatable bonds is 6. The molecule has 0 radical (unpaired) electrons. The molecule has 7 heteroatoms. The normalized spacial score (nSPS) is 11.2. The van der Waals surface area contributed by atoms with Gasteiger partial charge in [-0.1, -0.05) is 6.07 Å². The first-order chi connectivity index (χ1) is 9.34. The number of aryl methyl sites for hydroxylation is 1. The van der Waals surface area contributed by atoms with Gasteiger partial charge in [0.05, 0.1) is 5.56 Å². The zero-order valence-corrected chi connectivity index (χ0v) is 10.6. The van der Waals surface area contributed by atoms with Gasteiger partial charge in [-0.05, 0) is 49.6 Å². The fourth-order valence-corrected chi connectivity index (χ4v) is 1.82. The van der Waals surface area contributed by atoms with Crippen LogP contribution in [0.4, 0.5) is 23.7 Å². The van der Waals surface area contributed by atoms with Crippen molar-refractivity contribution in [2.24, 2.45) is 0 Å². The van der Waals surface area contributed by atoms with Crippen molar-refractivity contribution in [3.8, 4) is 0 Å². The highest BCUT2D eigenvalue weighted by atomic mass is 19.4. The highest BCUT2D eigenvalue weighted by Gasteiger charge is 2.33. The van der Waals surface area contributed by atoms with Crippen molar-refractivity contribution < 1.29 is 23.1 Å². The fraction of sp³-hybridized carbons (Fsp3) is 0.385. The van der Waals surface area contributed by atoms with Crippen LogP contribution >= 0.6 is 0 Å². The number of hydrogen-bond donors (Lipinski definition) is 3. The van der Waals surface area contributed by atoms with Gasteiger partial charge >= 0.3 is 12.3 Å². The molecule has 1 aromatic carbocycles. The molecule has 0 spiro atoms. The van der Waals surface area contributed by atoms with Gasteiger partial charge in [-0.15, -0.1) is 0 Å². The summed E-state index contributed by atoms with van der Waals surface area (Å²) in [6.07, 6.45) is -2.72. The minimum atomic E-state index is -4.52. The maximum Gasteiger partial charge on any atom is 0.416 e. The molecule has 0 unspecified atom stereocenters. The lowest BCUT2D eigenvalue weighted by Gasteiger charge is -2.14. The maximum atomic E-state index is 12.9. The molecule has 4 nitrogen and oxygen atoms in total. The second kappa shape index (κ2) is 6.93. The van der Waals surface area contributed by atoms with Gasteiger partial charge in [0.15, 0.2) is 0 Å². The Morgan fingerprint density at radius 1 is 1.35 bits per heavy atom. The van der Waals surface area contributed by atoms with E-state index in [9.17, 15) is 18.0 Å². The molecule has 0 heterocycles. The molecule has 0 saturated heterocycles. The molecule has 20 heavy (non-hydrogen) atoms. The molecule has 0 aromatic heterocycles. The summed E-state index contributed by atoms with van der Waals surface area (Å²) in [6.45, 7) is 0. The highest BCUT2D eigenvalue weighted by Crippen LogP contribution is 2.34. The van der Waals surface area contributed by atoms with Crippen molar-refractivity contribution in [3.63, 3.8) is 0 Å². The maximum absolute atomic E-state index is 12.9. The molecule has 3 N–H and O–H groups in total. The Hall–Kier alpha value is -2.05. The van der Waals surface area contributed by atoms with Crippen LogP contribution < -0.4 is 5.32 Å². The smallest absolute Gasteiger partial charge is 0.416 e. The number of alkyl halides is 3. The first-order valence-electron chi connectivity index (χ1n) is 6.03. The molecular weight excluding hydrogens is 273 g/mol. The number of benzene rings is 1. The Morgan fingerprint density at radius 2 is 2.05 bits per heavy atom. The van der Waals surface area contributed by atoms with Gasteiger partial charge in [0.25, 0.3) is 0 Å². The predicted octanol–water partition coefficient (Wildman–Crippen LogP) is 4.16. The molecule has 0 aliphatic heterocycles. The number of hydrogen-bond acceptors (Lipinski definition) is 2. The number of unbranched alkanes of at least 4 members (excludes halogenated alkanes) is 2. The van der Waals surface area contributed by atoms with Gasteiger partial charge < -0.3 is 10.5 Å². The third kappa shape index (κ3) is 4.91. The number of carboxylic acid groups (broad SMARTS) is 1. The van der Waals surface area contributed by atoms with Crippen LogP contribution in [0.3, 0.4) is 0 Å². The van der Waals surface area contributed by atoms with E-state index >= 15 is 0 Å². The molecule has 0 aliphatic rings. The van der Waals surface area contributed by atoms with Crippen molar-refractivity contribution >= 4 is 18.0 Å². The summed E-state index contributed by atoms with van der Waals surface area (Å²) in [4.78, 5) is 10.4. The Morgan fingerprint density at radius 3 is 2.60 bits per heavy atom. The van der Waals surface area contributed by atoms with E-state index in [0.29, 0.717) is 19.3 Å². The Kier molecular flexibility index (Phi) is 5.54. The first-order valence-corrected chi connectivity index (χ1v) is 6.03. The van der Waals surface area contributed by atoms with Crippen LogP contribution in [0.15, 0.2) is 18.2 Å². The molecule has 0 atom stereocenters. The molecule has 0 fully saturated rings. The van der Waals surface area contributed by atoms with Crippen molar-refractivity contribution in [1.82, 2.24) is 0 Å². The van der Waals surface area contributed by atoms with Crippen molar-refractivity contribution in [3.05, 3.63) is 29.3 Å². The van der Waals surface area contributed by atoms with E-state index in [-0.39, 0.29) is 17.7 Å². The lowest BCUT2D eigenvalue weighted by Crippen LogP contribution is -2.12. The summed E-state index contributed by atoms with van der Waals surface area (Å²) in [5.74, 6) is 0. The van der Waals surface area contributed by atoms with Crippen LogP contribution in [-0.4, -0.2) is 17.4 Å². The summed E-state index contributed by atoms with van der Waals surface area (Å²) in [7, 11) is 0. The molecule has 0 saturated carbocycles. The minimum absolute atomic E-state index is 0.104. The topological polar surface area (TPSA) is 73.2 Å². The minimum Gasteiger partial charge on any atom is -0.465 e. The average Bonchev–Trinajstić information content (AvgIpc) is 2.34. The number of nitrogens with one attached hydrogen (secondary N) is 2. The third-order valence-electron chi connectivity index (χ3n) is 2.71. The highest BCUT2D eigenvalue weighted by molar-refractivity contribution is 5.83. The standard InChI is InChI=1S/C13H15F3N2O2/c14-13(15,16)11-8-10(18-12(19)20)6-5-9(11)4-2-1-3-7-17/h5-8,17-18H,1-4H2,(H,19,20). The van der Waals surface area contributed by atoms with E-state index in [1.807, 2.05) is 5.32 Å². The largest absolute Gasteiger partial charge is 0.465 e. The number of halogens is 3. The number of carbonyl (C=O) groups is 1. The first kappa shape index (κ1) is 16.0. The van der Waals surface area contributed by atoms with Gasteiger partial charge in [-0.3, -0.25) is 5.32 Å². The third-order valence-corrected chi connectivity index (χ3v) is 2.71. The summed E-state index contributed by atoms with van der Waals surface area (Å²) < 4.78 is 38.8. The number of amides is 1. The van der Waals surface area contributed by atoms with Crippen LogP contribution in [0.1, 0.15) is 30.4 Å². The van der Waals surface area contributed by atoms with E-state index in [0.717, 1.165) is 6.07 Å². The van der Waals surface area contributed by atoms with Gasteiger partial charge in [0, 0.05) is 5.69 Å². The molecule has 110 valence electrons. The van der Waals surface area contributed by atoms with Crippen molar-refractivity contribution in [2.75, 3.05) is 5.32 Å². The van der Waals surface area contributed by atoms with Gasteiger partial charge in [-0.25, -0.2) is 4.79 Å². The Balaban J connectivity index is 2.92. The second-order valence-corrected chi connectivity index (χ2v) is 4.25. The summed E-state index contributed by atoms with van der Waals surface area (Å²) >= 11 is 0. The van der Waals surface area contributed by atoms with Crippen LogP contribution in [0.5, 0.6) is 0 Å². The van der Waals surface area contributed by atoms with E-state index in [4.69, 9.17) is 10.5 Å². The van der Waals surface area contributed by atoms with Crippen molar-refractivity contribution in [1.29, 1.82) is 5.41 Å². The number of anilines is 1. The van der Waals surface area contributed by atoms with Gasteiger partial charge in [0.2, 0.25) is 0 Å². The van der Waals surface area contributed by atoms with E-state index in [2.05, 4.69) is 0 Å². The molecule has 1 rings (SSSR count). The van der Waals surface area contributed by atoms with Gasteiger partial charge in [0.1, 0.15) is 0 Å². The average molecular weight is 288 g/mol. The predicted molar refractivity (Wildman–Crippen MR) is 69.4 cm³/mol. The molecule has 0 aliphatic carbocycles. The fourth-order valence-electron chi connectivity index (χ4n) is 1.82. The van der Waals surface area contributed by atoms with Crippen LogP contribution in [-0.2, 0) is 12.6 Å². The zero-order chi connectivity index (χ0) is 15.2. The van der Waals surface area contributed by atoms with Crippen LogP contribution in [0.2, 0.25) is 0 Å². The molecular formula is C13H15F3N2O2. The second-order valence-electron chi connectivity index (χ2n) is 4.25. The SMILES string of the molecule is N=CCCCCc1ccc(NC(=O)O)cc1C(F)(F)F. The van der Waals surface area contributed by atoms with Crippen molar-refractivity contribution in [2.45, 2.75) is 31.9 Å². The van der Waals surface area contributed by atoms with E-state index < -0.39 is 17.8 Å². The van der Waals surface area contributed by atoms with Crippen LogP contribution in [0.25, 0.3) is 0 Å². The summed E-state index contributed by atoms with van der Waals surface area (Å²) in [5, 5.41) is 17.3. The summed E-state index contributed by atoms with van der Waals surface area (Å²) in [5.41, 5.74) is -0.787. The Labute approximate surface area is 114 Å². The Bertz CT molecular complexity index is 487. The molecule has 1 aromatic rings. The van der Waals surface area contributed by atoms with Gasteiger partial charge in [-0.2, -0.15) is 13.2 Å². The van der Waals surface area contributed by atoms with E-state index in [1.165, 1.54) is 18.3 Å². The lowest BCUT2D eigenvalue weighted by atomic mass is 10.00. The monoisotopic (exact) mass is 288 g/mol. The lowest BCUT2D eigenvalue weighted by molar-refractivity contribution is -0.138. The quantitative estimate of drug-likeness (QED) is 0.543. The molecule has 1 amide bonds. The summed E-state index contributed by atoms with van der Waals surface area (Å²) in [6, 6.07) is 3.41. The van der Waals surface area contributed by atoms with Crippen LogP contribution in [0, 0.1) is 5.41 Å².